The van der Waals surface area contributed by atoms with E-state index in [0.717, 1.165) is 111 Å². The molecule has 0 aliphatic carbocycles. The van der Waals surface area contributed by atoms with Crippen molar-refractivity contribution in [1.82, 2.24) is 30.3 Å². The van der Waals surface area contributed by atoms with Crippen LogP contribution in [0.2, 0.25) is 0 Å². The molecule has 12 nitrogen and oxygen atoms in total. The van der Waals surface area contributed by atoms with E-state index in [2.05, 4.69) is 27.8 Å². The van der Waals surface area contributed by atoms with Gasteiger partial charge in [0.1, 0.15) is 6.04 Å². The number of nitrogens with zero attached hydrogens (tertiary/aromatic N) is 4. The molecule has 0 bridgehead atoms. The molecule has 6 amide bonds. The van der Waals surface area contributed by atoms with Gasteiger partial charge in [-0.2, -0.15) is 0 Å². The number of aromatic nitrogens is 1. The SMILES string of the molecule is O=C(/C=C/c1cccnc1)NCCCCC1CCN(C(=O)c2ccc(C3CCN(C(=O)CCCCSc4cccc5c4CN(C4CCC(=O)NC4=O)C5=O)CC3)cc2)CC1. The molecule has 316 valence electrons. The fraction of sp³-hybridized carbons (Fsp3) is 0.468. The molecule has 7 rings (SSSR count). The van der Waals surface area contributed by atoms with Gasteiger partial charge in [0.2, 0.25) is 23.6 Å². The third kappa shape index (κ3) is 11.1. The Hall–Kier alpha value is -5.30. The predicted molar refractivity (Wildman–Crippen MR) is 231 cm³/mol. The first-order chi connectivity index (χ1) is 29.2. The van der Waals surface area contributed by atoms with E-state index in [9.17, 15) is 28.8 Å². The van der Waals surface area contributed by atoms with Crippen molar-refractivity contribution in [2.24, 2.45) is 5.92 Å². The molecule has 3 fully saturated rings. The first kappa shape index (κ1) is 42.8. The number of fused-ring (bicyclic) bond motifs is 1. The smallest absolute Gasteiger partial charge is 0.255 e. The largest absolute Gasteiger partial charge is 0.353 e. The van der Waals surface area contributed by atoms with Gasteiger partial charge in [0.25, 0.3) is 11.8 Å². The average Bonchev–Trinajstić information content (AvgIpc) is 3.61. The van der Waals surface area contributed by atoms with Gasteiger partial charge in [0, 0.05) is 86.6 Å². The minimum Gasteiger partial charge on any atom is -0.353 e. The fourth-order valence-corrected chi connectivity index (χ4v) is 9.95. The quantitative estimate of drug-likeness (QED) is 0.0734. The van der Waals surface area contributed by atoms with E-state index in [1.165, 1.54) is 5.56 Å². The van der Waals surface area contributed by atoms with Crippen molar-refractivity contribution in [1.29, 1.82) is 0 Å². The summed E-state index contributed by atoms with van der Waals surface area (Å²) >= 11 is 1.68. The van der Waals surface area contributed by atoms with Crippen molar-refractivity contribution in [2.45, 2.75) is 100 Å². The summed E-state index contributed by atoms with van der Waals surface area (Å²) in [7, 11) is 0. The molecule has 60 heavy (non-hydrogen) atoms. The maximum Gasteiger partial charge on any atom is 0.255 e. The van der Waals surface area contributed by atoms with Crippen LogP contribution < -0.4 is 10.6 Å². The van der Waals surface area contributed by atoms with Crippen LogP contribution in [0.3, 0.4) is 0 Å². The van der Waals surface area contributed by atoms with E-state index in [0.29, 0.717) is 43.3 Å². The Morgan fingerprint density at radius 3 is 2.38 bits per heavy atom. The summed E-state index contributed by atoms with van der Waals surface area (Å²) in [6, 6.07) is 16.9. The number of hydrogen-bond donors (Lipinski definition) is 2. The molecule has 3 aromatic rings. The lowest BCUT2D eigenvalue weighted by atomic mass is 9.88. The van der Waals surface area contributed by atoms with E-state index >= 15 is 0 Å². The van der Waals surface area contributed by atoms with Crippen LogP contribution in [0.4, 0.5) is 0 Å². The van der Waals surface area contributed by atoms with Crippen molar-refractivity contribution in [2.75, 3.05) is 38.5 Å². The zero-order chi connectivity index (χ0) is 41.8. The van der Waals surface area contributed by atoms with Gasteiger partial charge < -0.3 is 20.0 Å². The lowest BCUT2D eigenvalue weighted by molar-refractivity contribution is -0.137. The Morgan fingerprint density at radius 1 is 0.850 bits per heavy atom. The topological polar surface area (TPSA) is 149 Å². The van der Waals surface area contributed by atoms with Gasteiger partial charge >= 0.3 is 0 Å². The third-order valence-electron chi connectivity index (χ3n) is 12.4. The molecular formula is C47H56N6O6S. The highest BCUT2D eigenvalue weighted by Crippen LogP contribution is 2.35. The van der Waals surface area contributed by atoms with Gasteiger partial charge in [0.05, 0.1) is 0 Å². The van der Waals surface area contributed by atoms with Gasteiger partial charge in [0.15, 0.2) is 0 Å². The molecule has 0 spiro atoms. The standard InChI is InChI=1S/C47H56N6O6S/c54-42(18-12-34-8-6-24-48-31-34)49-25-3-1-7-33-20-26-52(27-21-33)46(58)37-15-13-35(14-16-37)36-22-28-51(29-23-36)44(56)11-2-4-30-60-41-10-5-9-38-39(41)32-53(47(38)59)40-17-19-43(55)50-45(40)57/h5-6,8-10,12-16,18,24,31,33,36,40H,1-4,7,11,17,19-23,25-30,32H2,(H,49,54)(H,50,55,57)/b18-12+. The third-order valence-corrected chi connectivity index (χ3v) is 13.6. The van der Waals surface area contributed by atoms with E-state index < -0.39 is 11.9 Å². The predicted octanol–water partition coefficient (Wildman–Crippen LogP) is 6.36. The van der Waals surface area contributed by atoms with Gasteiger partial charge in [-0.1, -0.05) is 37.1 Å². The summed E-state index contributed by atoms with van der Waals surface area (Å²) in [5.74, 6) is 1.13. The summed E-state index contributed by atoms with van der Waals surface area (Å²) in [6.07, 6.45) is 16.4. The molecule has 2 aromatic carbocycles. The van der Waals surface area contributed by atoms with E-state index in [1.807, 2.05) is 46.2 Å². The number of carbonyl (C=O) groups is 6. The zero-order valence-electron chi connectivity index (χ0n) is 34.3. The second-order valence-electron chi connectivity index (χ2n) is 16.4. The van der Waals surface area contributed by atoms with E-state index in [-0.39, 0.29) is 36.0 Å². The van der Waals surface area contributed by atoms with Crippen molar-refractivity contribution in [3.63, 3.8) is 0 Å². The summed E-state index contributed by atoms with van der Waals surface area (Å²) in [5.41, 5.74) is 4.41. The Morgan fingerprint density at radius 2 is 1.63 bits per heavy atom. The van der Waals surface area contributed by atoms with Crippen molar-refractivity contribution in [3.8, 4) is 0 Å². The maximum absolute atomic E-state index is 13.4. The van der Waals surface area contributed by atoms with Crippen LogP contribution in [0.1, 0.15) is 120 Å². The number of benzene rings is 2. The molecule has 2 N–H and O–H groups in total. The van der Waals surface area contributed by atoms with E-state index in [1.54, 1.807) is 47.3 Å². The van der Waals surface area contributed by atoms with Crippen molar-refractivity contribution >= 4 is 53.3 Å². The van der Waals surface area contributed by atoms with E-state index in [4.69, 9.17) is 0 Å². The van der Waals surface area contributed by atoms with Crippen LogP contribution >= 0.6 is 11.8 Å². The monoisotopic (exact) mass is 832 g/mol. The summed E-state index contributed by atoms with van der Waals surface area (Å²) in [6.45, 7) is 4.04. The van der Waals surface area contributed by atoms with Crippen LogP contribution in [0.5, 0.6) is 0 Å². The maximum atomic E-state index is 13.4. The molecule has 1 aromatic heterocycles. The van der Waals surface area contributed by atoms with Crippen LogP contribution in [-0.2, 0) is 25.7 Å². The van der Waals surface area contributed by atoms with Crippen LogP contribution in [0.15, 0.2) is 78.0 Å². The first-order valence-electron chi connectivity index (χ1n) is 21.7. The lowest BCUT2D eigenvalue weighted by Crippen LogP contribution is -2.52. The Labute approximate surface area is 356 Å². The number of unbranched alkanes of at least 4 members (excludes halogenated alkanes) is 2. The number of carbonyl (C=O) groups excluding carboxylic acids is 6. The summed E-state index contributed by atoms with van der Waals surface area (Å²) in [5, 5.41) is 5.31. The number of hydrogen-bond acceptors (Lipinski definition) is 8. The highest BCUT2D eigenvalue weighted by atomic mass is 32.2. The second-order valence-corrected chi connectivity index (χ2v) is 17.5. The molecule has 0 radical (unpaired) electrons. The minimum atomic E-state index is -0.627. The lowest BCUT2D eigenvalue weighted by Gasteiger charge is -2.33. The molecule has 5 heterocycles. The molecule has 4 aliphatic heterocycles. The van der Waals surface area contributed by atoms with Gasteiger partial charge in [-0.05, 0) is 122 Å². The number of thioether (sulfide) groups is 1. The summed E-state index contributed by atoms with van der Waals surface area (Å²) < 4.78 is 0. The highest BCUT2D eigenvalue weighted by molar-refractivity contribution is 7.99. The molecule has 0 saturated carbocycles. The van der Waals surface area contributed by atoms with Crippen LogP contribution in [0, 0.1) is 5.92 Å². The van der Waals surface area contributed by atoms with Gasteiger partial charge in [-0.25, -0.2) is 0 Å². The van der Waals surface area contributed by atoms with Gasteiger partial charge in [-0.15, -0.1) is 11.8 Å². The fourth-order valence-electron chi connectivity index (χ4n) is 8.85. The number of nitrogens with one attached hydrogen (secondary N) is 2. The first-order valence-corrected chi connectivity index (χ1v) is 22.6. The highest BCUT2D eigenvalue weighted by Gasteiger charge is 2.40. The van der Waals surface area contributed by atoms with Crippen LogP contribution in [-0.4, -0.2) is 99.6 Å². The Bertz CT molecular complexity index is 2040. The number of imide groups is 1. The number of pyridine rings is 1. The molecule has 3 saturated heterocycles. The number of piperidine rings is 3. The normalized spacial score (nSPS) is 18.8. The second kappa shape index (κ2) is 20.8. The van der Waals surface area contributed by atoms with Gasteiger partial charge in [-0.3, -0.25) is 39.1 Å². The molecular weight excluding hydrogens is 777 g/mol. The molecule has 1 unspecified atom stereocenters. The van der Waals surface area contributed by atoms with Crippen LogP contribution in [0.25, 0.3) is 6.08 Å². The molecule has 1 atom stereocenters. The van der Waals surface area contributed by atoms with Crippen molar-refractivity contribution in [3.05, 3.63) is 101 Å². The number of likely N-dealkylation sites (tertiary alicyclic amines) is 2. The average molecular weight is 833 g/mol. The summed E-state index contributed by atoms with van der Waals surface area (Å²) in [4.78, 5) is 86.4. The minimum absolute atomic E-state index is 0.0923. The molecule has 4 aliphatic rings. The Kier molecular flexibility index (Phi) is 14.8. The Balaban J connectivity index is 0.751. The number of amides is 6. The zero-order valence-corrected chi connectivity index (χ0v) is 35.1. The number of rotatable bonds is 16. The molecule has 13 heteroatoms. The van der Waals surface area contributed by atoms with Crippen molar-refractivity contribution < 1.29 is 28.8 Å².